The number of rotatable bonds is 7. The van der Waals surface area contributed by atoms with Gasteiger partial charge in [0.15, 0.2) is 11.5 Å². The highest BCUT2D eigenvalue weighted by Crippen LogP contribution is 2.34. The lowest BCUT2D eigenvalue weighted by molar-refractivity contribution is -0.121. The molecule has 0 saturated carbocycles. The Morgan fingerprint density at radius 3 is 2.61 bits per heavy atom. The molecule has 28 heavy (non-hydrogen) atoms. The van der Waals surface area contributed by atoms with Crippen LogP contribution < -0.4 is 19.5 Å². The van der Waals surface area contributed by atoms with Gasteiger partial charge in [0.05, 0.1) is 10.9 Å². The van der Waals surface area contributed by atoms with E-state index in [0.29, 0.717) is 17.1 Å². The largest absolute Gasteiger partial charge is 0.454 e. The van der Waals surface area contributed by atoms with Crippen LogP contribution in [0.3, 0.4) is 0 Å². The first kappa shape index (κ1) is 20.2. The molecule has 1 amide bonds. The zero-order valence-corrected chi connectivity index (χ0v) is 16.9. The monoisotopic (exact) mass is 404 g/mol. The average molecular weight is 404 g/mol. The van der Waals surface area contributed by atoms with Crippen molar-refractivity contribution < 1.29 is 22.7 Å². The molecule has 0 spiro atoms. The molecule has 1 aliphatic heterocycles. The minimum atomic E-state index is -3.65. The lowest BCUT2D eigenvalue weighted by atomic mass is 10.1. The molecular weight excluding hydrogens is 380 g/mol. The third kappa shape index (κ3) is 4.63. The summed E-state index contributed by atoms with van der Waals surface area (Å²) in [7, 11) is -3.65. The molecule has 0 aromatic heterocycles. The number of hydrogen-bond donors (Lipinski definition) is 2. The van der Waals surface area contributed by atoms with Gasteiger partial charge in [-0.05, 0) is 50.1 Å². The first-order valence-corrected chi connectivity index (χ1v) is 10.5. The highest BCUT2D eigenvalue weighted by atomic mass is 32.2. The molecule has 0 fully saturated rings. The van der Waals surface area contributed by atoms with Crippen molar-refractivity contribution in [3.8, 4) is 11.5 Å². The van der Waals surface area contributed by atoms with Crippen molar-refractivity contribution >= 4 is 15.9 Å². The lowest BCUT2D eigenvalue weighted by Gasteiger charge is -2.15. The summed E-state index contributed by atoms with van der Waals surface area (Å²) < 4.78 is 38.0. The maximum atomic E-state index is 12.4. The number of fused-ring (bicyclic) bond motifs is 1. The zero-order valence-electron chi connectivity index (χ0n) is 16.1. The van der Waals surface area contributed by atoms with Gasteiger partial charge in [-0.15, -0.1) is 0 Å². The van der Waals surface area contributed by atoms with Crippen molar-refractivity contribution in [1.29, 1.82) is 0 Å². The Labute approximate surface area is 165 Å². The SMILES string of the molecule is Cc1ccc(S(=O)(=O)NCCC(=O)NC(C)c2ccc3c(c2)OCO3)c(C)c1. The van der Waals surface area contributed by atoms with Gasteiger partial charge in [-0.25, -0.2) is 13.1 Å². The van der Waals surface area contributed by atoms with E-state index >= 15 is 0 Å². The Kier molecular flexibility index (Phi) is 5.90. The number of hydrogen-bond acceptors (Lipinski definition) is 5. The highest BCUT2D eigenvalue weighted by Gasteiger charge is 2.19. The van der Waals surface area contributed by atoms with E-state index in [1.54, 1.807) is 25.1 Å². The van der Waals surface area contributed by atoms with E-state index in [4.69, 9.17) is 9.47 Å². The fourth-order valence-corrected chi connectivity index (χ4v) is 4.31. The van der Waals surface area contributed by atoms with Crippen LogP contribution in [0.15, 0.2) is 41.3 Å². The van der Waals surface area contributed by atoms with Crippen LogP contribution in [0.1, 0.15) is 36.1 Å². The van der Waals surface area contributed by atoms with E-state index in [0.717, 1.165) is 11.1 Å². The molecule has 3 rings (SSSR count). The van der Waals surface area contributed by atoms with Crippen LogP contribution in [0.2, 0.25) is 0 Å². The smallest absolute Gasteiger partial charge is 0.240 e. The maximum Gasteiger partial charge on any atom is 0.240 e. The fraction of sp³-hybridized carbons (Fsp3) is 0.350. The van der Waals surface area contributed by atoms with Gasteiger partial charge in [0, 0.05) is 13.0 Å². The topological polar surface area (TPSA) is 93.7 Å². The van der Waals surface area contributed by atoms with E-state index in [2.05, 4.69) is 10.0 Å². The Balaban J connectivity index is 1.52. The summed E-state index contributed by atoms with van der Waals surface area (Å²) in [6.07, 6.45) is 0.0407. The second-order valence-corrected chi connectivity index (χ2v) is 8.55. The van der Waals surface area contributed by atoms with Crippen molar-refractivity contribution in [2.75, 3.05) is 13.3 Å². The lowest BCUT2D eigenvalue weighted by Crippen LogP contribution is -2.32. The number of sulfonamides is 1. The quantitative estimate of drug-likeness (QED) is 0.740. The predicted molar refractivity (Wildman–Crippen MR) is 105 cm³/mol. The van der Waals surface area contributed by atoms with Crippen molar-refractivity contribution in [1.82, 2.24) is 10.0 Å². The predicted octanol–water partition coefficient (Wildman–Crippen LogP) is 2.58. The summed E-state index contributed by atoms with van der Waals surface area (Å²) in [5, 5.41) is 2.86. The number of carbonyl (C=O) groups excluding carboxylic acids is 1. The minimum absolute atomic E-state index is 0.0232. The van der Waals surface area contributed by atoms with Crippen molar-refractivity contribution in [2.24, 2.45) is 0 Å². The minimum Gasteiger partial charge on any atom is -0.454 e. The average Bonchev–Trinajstić information content (AvgIpc) is 3.08. The number of ether oxygens (including phenoxy) is 2. The number of aryl methyl sites for hydroxylation is 2. The van der Waals surface area contributed by atoms with Crippen LogP contribution in [0.25, 0.3) is 0 Å². The number of nitrogens with one attached hydrogen (secondary N) is 2. The molecule has 0 saturated heterocycles. The molecule has 1 atom stereocenters. The second-order valence-electron chi connectivity index (χ2n) is 6.82. The third-order valence-corrected chi connectivity index (χ3v) is 6.16. The van der Waals surface area contributed by atoms with Gasteiger partial charge in [-0.2, -0.15) is 0 Å². The van der Waals surface area contributed by atoms with Gasteiger partial charge in [0.1, 0.15) is 0 Å². The molecule has 2 N–H and O–H groups in total. The van der Waals surface area contributed by atoms with Crippen LogP contribution >= 0.6 is 0 Å². The summed E-state index contributed by atoms with van der Waals surface area (Å²) in [6.45, 7) is 5.73. The molecular formula is C20H24N2O5S. The van der Waals surface area contributed by atoms with Crippen LogP contribution in [0.5, 0.6) is 11.5 Å². The Hall–Kier alpha value is -2.58. The van der Waals surface area contributed by atoms with E-state index < -0.39 is 10.0 Å². The number of amides is 1. The third-order valence-electron chi connectivity index (χ3n) is 4.54. The fourth-order valence-electron chi connectivity index (χ4n) is 3.06. The molecule has 2 aromatic carbocycles. The first-order valence-electron chi connectivity index (χ1n) is 9.02. The molecule has 0 bridgehead atoms. The van der Waals surface area contributed by atoms with Crippen molar-refractivity contribution in [2.45, 2.75) is 38.1 Å². The van der Waals surface area contributed by atoms with Crippen LogP contribution in [-0.2, 0) is 14.8 Å². The zero-order chi connectivity index (χ0) is 20.3. The molecule has 8 heteroatoms. The van der Waals surface area contributed by atoms with Crippen LogP contribution in [0, 0.1) is 13.8 Å². The molecule has 1 unspecified atom stereocenters. The molecule has 1 heterocycles. The van der Waals surface area contributed by atoms with Gasteiger partial charge >= 0.3 is 0 Å². The summed E-state index contributed by atoms with van der Waals surface area (Å²) in [5.74, 6) is 1.09. The van der Waals surface area contributed by atoms with Gasteiger partial charge in [-0.3, -0.25) is 4.79 Å². The summed E-state index contributed by atoms with van der Waals surface area (Å²) in [5.41, 5.74) is 2.55. The standard InChI is InChI=1S/C20H24N2O5S/c1-13-4-7-19(14(2)10-13)28(24,25)21-9-8-20(23)22-15(3)16-5-6-17-18(11-16)27-12-26-17/h4-7,10-11,15,21H,8-9,12H2,1-3H3,(H,22,23). The first-order chi connectivity index (χ1) is 13.3. The molecule has 0 radical (unpaired) electrons. The molecule has 150 valence electrons. The normalized spacial score (nSPS) is 14.0. The van der Waals surface area contributed by atoms with Gasteiger partial charge < -0.3 is 14.8 Å². The summed E-state index contributed by atoms with van der Waals surface area (Å²) in [6, 6.07) is 10.4. The molecule has 2 aromatic rings. The van der Waals surface area contributed by atoms with Gasteiger partial charge in [0.25, 0.3) is 0 Å². The summed E-state index contributed by atoms with van der Waals surface area (Å²) in [4.78, 5) is 12.4. The molecule has 1 aliphatic rings. The van der Waals surface area contributed by atoms with Gasteiger partial charge in [0.2, 0.25) is 22.7 Å². The Bertz CT molecular complexity index is 988. The van der Waals surface area contributed by atoms with Crippen molar-refractivity contribution in [3.63, 3.8) is 0 Å². The van der Waals surface area contributed by atoms with Crippen LogP contribution in [-0.4, -0.2) is 27.7 Å². The van der Waals surface area contributed by atoms with Crippen molar-refractivity contribution in [3.05, 3.63) is 53.1 Å². The number of benzene rings is 2. The Morgan fingerprint density at radius 1 is 1.11 bits per heavy atom. The molecule has 0 aliphatic carbocycles. The van der Waals surface area contributed by atoms with E-state index in [1.165, 1.54) is 0 Å². The van der Waals surface area contributed by atoms with E-state index in [-0.39, 0.29) is 36.6 Å². The summed E-state index contributed by atoms with van der Waals surface area (Å²) >= 11 is 0. The van der Waals surface area contributed by atoms with Gasteiger partial charge in [-0.1, -0.05) is 23.8 Å². The number of carbonyl (C=O) groups is 1. The highest BCUT2D eigenvalue weighted by molar-refractivity contribution is 7.89. The van der Waals surface area contributed by atoms with E-state index in [1.807, 2.05) is 32.0 Å². The van der Waals surface area contributed by atoms with E-state index in [9.17, 15) is 13.2 Å². The second kappa shape index (κ2) is 8.20. The van der Waals surface area contributed by atoms with Crippen LogP contribution in [0.4, 0.5) is 0 Å². The Morgan fingerprint density at radius 2 is 1.86 bits per heavy atom. The molecule has 7 nitrogen and oxygen atoms in total. The maximum absolute atomic E-state index is 12.4.